The maximum atomic E-state index is 14.0. The van der Waals surface area contributed by atoms with Crippen LogP contribution < -0.4 is 0 Å². The van der Waals surface area contributed by atoms with Gasteiger partial charge in [0.2, 0.25) is 0 Å². The number of amides is 1. The van der Waals surface area contributed by atoms with Crippen LogP contribution in [0.4, 0.5) is 4.39 Å². The van der Waals surface area contributed by atoms with Gasteiger partial charge in [-0.1, -0.05) is 0 Å². The first-order valence-corrected chi connectivity index (χ1v) is 9.38. The van der Waals surface area contributed by atoms with Gasteiger partial charge < -0.3 is 14.4 Å². The molecule has 7 nitrogen and oxygen atoms in total. The van der Waals surface area contributed by atoms with E-state index in [9.17, 15) is 9.18 Å². The highest BCUT2D eigenvalue weighted by Gasteiger charge is 2.29. The summed E-state index contributed by atoms with van der Waals surface area (Å²) in [6, 6.07) is 1.42. The van der Waals surface area contributed by atoms with Crippen molar-refractivity contribution in [1.29, 1.82) is 0 Å². The Kier molecular flexibility index (Phi) is 7.00. The van der Waals surface area contributed by atoms with Gasteiger partial charge in [-0.2, -0.15) is 0 Å². The number of hydrogen-bond acceptors (Lipinski definition) is 6. The topological polar surface area (TPSA) is 77.4 Å². The van der Waals surface area contributed by atoms with E-state index in [1.165, 1.54) is 12.3 Å². The number of aryl methyl sites for hydroxylation is 1. The van der Waals surface area contributed by atoms with Crippen LogP contribution in [0.2, 0.25) is 0 Å². The second-order valence-electron chi connectivity index (χ2n) is 6.82. The van der Waals surface area contributed by atoms with Gasteiger partial charge in [-0.05, 0) is 25.8 Å². The summed E-state index contributed by atoms with van der Waals surface area (Å²) in [6.07, 6.45) is 6.02. The van der Waals surface area contributed by atoms with E-state index >= 15 is 0 Å². The van der Waals surface area contributed by atoms with Gasteiger partial charge in [0, 0.05) is 44.1 Å². The van der Waals surface area contributed by atoms with Crippen LogP contribution in [0.3, 0.4) is 0 Å². The van der Waals surface area contributed by atoms with Crippen molar-refractivity contribution in [3.05, 3.63) is 53.1 Å². The fraction of sp³-hybridized carbons (Fsp3) is 0.500. The summed E-state index contributed by atoms with van der Waals surface area (Å²) in [5.74, 6) is -0.169. The number of nitrogens with zero attached hydrogens (tertiary/aromatic N) is 4. The van der Waals surface area contributed by atoms with Crippen LogP contribution in [-0.4, -0.2) is 59.2 Å². The molecule has 8 heteroatoms. The molecule has 0 saturated carbocycles. The van der Waals surface area contributed by atoms with E-state index in [-0.39, 0.29) is 17.4 Å². The molecular weight excluding hydrogens is 363 g/mol. The van der Waals surface area contributed by atoms with Crippen LogP contribution in [0.5, 0.6) is 0 Å². The molecule has 3 heterocycles. The summed E-state index contributed by atoms with van der Waals surface area (Å²) >= 11 is 0. The monoisotopic (exact) mass is 388 g/mol. The van der Waals surface area contributed by atoms with Gasteiger partial charge in [0.1, 0.15) is 5.82 Å². The van der Waals surface area contributed by atoms with Crippen molar-refractivity contribution in [2.45, 2.75) is 32.3 Å². The van der Waals surface area contributed by atoms with Crippen LogP contribution in [-0.2, 0) is 16.1 Å². The summed E-state index contributed by atoms with van der Waals surface area (Å²) in [4.78, 5) is 27.1. The van der Waals surface area contributed by atoms with Crippen molar-refractivity contribution in [1.82, 2.24) is 19.9 Å². The summed E-state index contributed by atoms with van der Waals surface area (Å²) in [5, 5.41) is 0. The lowest BCUT2D eigenvalue weighted by atomic mass is 9.91. The molecule has 0 bridgehead atoms. The SMILES string of the molecule is COCCOCc1cnc(C)nc1C1CCCN(C(=O)c2ccncc2F)C1. The third-order valence-electron chi connectivity index (χ3n) is 4.81. The Labute approximate surface area is 163 Å². The van der Waals surface area contributed by atoms with E-state index in [4.69, 9.17) is 9.47 Å². The standard InChI is InChI=1S/C20H25FN4O3/c1-14-23-10-16(13-28-9-8-27-2)19(24-14)15-4-3-7-25(12-15)20(26)17-5-6-22-11-18(17)21/h5-6,10-11,15H,3-4,7-9,12-13H2,1-2H3. The van der Waals surface area contributed by atoms with Crippen molar-refractivity contribution >= 4 is 5.91 Å². The Bertz CT molecular complexity index is 818. The minimum Gasteiger partial charge on any atom is -0.382 e. The van der Waals surface area contributed by atoms with E-state index < -0.39 is 5.82 Å². The lowest BCUT2D eigenvalue weighted by molar-refractivity contribution is 0.0602. The molecule has 1 unspecified atom stereocenters. The van der Waals surface area contributed by atoms with Gasteiger partial charge in [0.25, 0.3) is 5.91 Å². The number of carbonyl (C=O) groups is 1. The molecule has 1 amide bonds. The molecule has 1 fully saturated rings. The fourth-order valence-corrected chi connectivity index (χ4v) is 3.41. The van der Waals surface area contributed by atoms with E-state index in [0.29, 0.717) is 38.7 Å². The molecule has 1 aliphatic heterocycles. The van der Waals surface area contributed by atoms with Crippen molar-refractivity contribution in [3.63, 3.8) is 0 Å². The van der Waals surface area contributed by atoms with Gasteiger partial charge in [0.15, 0.2) is 5.82 Å². The number of methoxy groups -OCH3 is 1. The second-order valence-corrected chi connectivity index (χ2v) is 6.82. The van der Waals surface area contributed by atoms with Gasteiger partial charge in [0.05, 0.1) is 37.3 Å². The highest BCUT2D eigenvalue weighted by Crippen LogP contribution is 2.29. The molecule has 0 radical (unpaired) electrons. The summed E-state index contributed by atoms with van der Waals surface area (Å²) in [5.41, 5.74) is 1.87. The van der Waals surface area contributed by atoms with Gasteiger partial charge in [-0.15, -0.1) is 0 Å². The van der Waals surface area contributed by atoms with Crippen LogP contribution in [0.1, 0.15) is 46.2 Å². The van der Waals surface area contributed by atoms with Crippen molar-refractivity contribution in [2.24, 2.45) is 0 Å². The molecule has 1 atom stereocenters. The highest BCUT2D eigenvalue weighted by molar-refractivity contribution is 5.94. The maximum Gasteiger partial charge on any atom is 0.256 e. The zero-order chi connectivity index (χ0) is 19.9. The van der Waals surface area contributed by atoms with E-state index in [1.807, 2.05) is 6.92 Å². The number of halogens is 1. The Morgan fingerprint density at radius 1 is 1.36 bits per heavy atom. The molecule has 28 heavy (non-hydrogen) atoms. The van der Waals surface area contributed by atoms with Crippen molar-refractivity contribution in [2.75, 3.05) is 33.4 Å². The van der Waals surface area contributed by atoms with Crippen LogP contribution in [0.25, 0.3) is 0 Å². The zero-order valence-electron chi connectivity index (χ0n) is 16.2. The van der Waals surface area contributed by atoms with Gasteiger partial charge in [-0.3, -0.25) is 9.78 Å². The minimum atomic E-state index is -0.597. The van der Waals surface area contributed by atoms with Gasteiger partial charge >= 0.3 is 0 Å². The van der Waals surface area contributed by atoms with E-state index in [2.05, 4.69) is 15.0 Å². The average Bonchev–Trinajstić information content (AvgIpc) is 2.72. The number of carbonyl (C=O) groups excluding carboxylic acids is 1. The quantitative estimate of drug-likeness (QED) is 0.679. The molecule has 1 saturated heterocycles. The number of rotatable bonds is 7. The van der Waals surface area contributed by atoms with Crippen molar-refractivity contribution in [3.8, 4) is 0 Å². The third-order valence-corrected chi connectivity index (χ3v) is 4.81. The normalized spacial score (nSPS) is 17.0. The Hall–Kier alpha value is -2.45. The molecule has 2 aromatic heterocycles. The molecule has 0 aromatic carbocycles. The van der Waals surface area contributed by atoms with Crippen LogP contribution in [0.15, 0.2) is 24.7 Å². The molecule has 0 aliphatic carbocycles. The predicted molar refractivity (Wildman–Crippen MR) is 100 cm³/mol. The molecule has 0 N–H and O–H groups in total. The Balaban J connectivity index is 1.75. The van der Waals surface area contributed by atoms with Gasteiger partial charge in [-0.25, -0.2) is 14.4 Å². The second kappa shape index (κ2) is 9.66. The fourth-order valence-electron chi connectivity index (χ4n) is 3.41. The minimum absolute atomic E-state index is 0.0534. The lowest BCUT2D eigenvalue weighted by Gasteiger charge is -2.33. The average molecular weight is 388 g/mol. The zero-order valence-corrected chi connectivity index (χ0v) is 16.2. The number of likely N-dealkylation sites (tertiary alicyclic amines) is 1. The molecular formula is C20H25FN4O3. The molecule has 3 rings (SSSR count). The number of aromatic nitrogens is 3. The molecule has 2 aromatic rings. The number of pyridine rings is 1. The largest absolute Gasteiger partial charge is 0.382 e. The Morgan fingerprint density at radius 3 is 3.00 bits per heavy atom. The van der Waals surface area contributed by atoms with E-state index in [0.717, 1.165) is 30.3 Å². The summed E-state index contributed by atoms with van der Waals surface area (Å²) < 4.78 is 24.6. The summed E-state index contributed by atoms with van der Waals surface area (Å²) in [7, 11) is 1.63. The Morgan fingerprint density at radius 2 is 2.21 bits per heavy atom. The van der Waals surface area contributed by atoms with Crippen molar-refractivity contribution < 1.29 is 18.7 Å². The highest BCUT2D eigenvalue weighted by atomic mass is 19.1. The number of hydrogen-bond donors (Lipinski definition) is 0. The maximum absolute atomic E-state index is 14.0. The molecule has 1 aliphatic rings. The first kappa shape index (κ1) is 20.3. The first-order chi connectivity index (χ1) is 13.6. The number of piperidine rings is 1. The van der Waals surface area contributed by atoms with Crippen LogP contribution in [0, 0.1) is 12.7 Å². The molecule has 150 valence electrons. The third kappa shape index (κ3) is 4.88. The number of ether oxygens (including phenoxy) is 2. The summed E-state index contributed by atoms with van der Waals surface area (Å²) in [6.45, 7) is 4.33. The van der Waals surface area contributed by atoms with E-state index in [1.54, 1.807) is 18.2 Å². The smallest absolute Gasteiger partial charge is 0.256 e. The predicted octanol–water partition coefficient (Wildman–Crippen LogP) is 2.50. The van der Waals surface area contributed by atoms with Crippen LogP contribution >= 0.6 is 0 Å². The molecule has 0 spiro atoms. The lowest BCUT2D eigenvalue weighted by Crippen LogP contribution is -2.40. The first-order valence-electron chi connectivity index (χ1n) is 9.38.